The van der Waals surface area contributed by atoms with Crippen molar-refractivity contribution in [2.45, 2.75) is 57.7 Å². The maximum Gasteiger partial charge on any atom is 0.350 e. The number of ether oxygens (including phenoxy) is 2. The van der Waals surface area contributed by atoms with E-state index < -0.39 is 11.6 Å². The zero-order valence-corrected chi connectivity index (χ0v) is 9.82. The van der Waals surface area contributed by atoms with Crippen molar-refractivity contribution in [1.82, 2.24) is 0 Å². The molecule has 3 aliphatic rings. The third-order valence-electron chi connectivity index (χ3n) is 3.68. The summed E-state index contributed by atoms with van der Waals surface area (Å²) in [6.45, 7) is 3.46. The number of rotatable bonds is 1. The second-order valence-electron chi connectivity index (χ2n) is 4.94. The molecular formula is C12H18O4. The molecule has 0 N–H and O–H groups in total. The Bertz CT molecular complexity index is 308. The third kappa shape index (κ3) is 1.93. The lowest BCUT2D eigenvalue weighted by atomic mass is 9.79. The van der Waals surface area contributed by atoms with Crippen LogP contribution in [-0.4, -0.2) is 23.6 Å². The van der Waals surface area contributed by atoms with Gasteiger partial charge in [0.2, 0.25) is 5.60 Å². The van der Waals surface area contributed by atoms with Crippen molar-refractivity contribution in [3.05, 3.63) is 0 Å². The standard InChI is InChI=1S/C12H18O4/c1-8-4-3-6-12(16-9(2)13)7-5-10(8)15-11(12)14/h8,10H,3-7H2,1-2H3. The summed E-state index contributed by atoms with van der Waals surface area (Å²) in [5, 5.41) is 0. The van der Waals surface area contributed by atoms with Crippen molar-refractivity contribution in [1.29, 1.82) is 0 Å². The van der Waals surface area contributed by atoms with E-state index in [1.807, 2.05) is 0 Å². The van der Waals surface area contributed by atoms with Crippen molar-refractivity contribution in [2.75, 3.05) is 0 Å². The Kier molecular flexibility index (Phi) is 2.91. The molecule has 0 amide bonds. The van der Waals surface area contributed by atoms with Gasteiger partial charge in [-0.15, -0.1) is 0 Å². The highest BCUT2D eigenvalue weighted by molar-refractivity contribution is 5.83. The van der Waals surface area contributed by atoms with Crippen molar-refractivity contribution in [3.63, 3.8) is 0 Å². The first-order valence-electron chi connectivity index (χ1n) is 5.94. The van der Waals surface area contributed by atoms with Crippen molar-refractivity contribution < 1.29 is 19.1 Å². The average Bonchev–Trinajstić information content (AvgIpc) is 2.19. The van der Waals surface area contributed by atoms with Crippen LogP contribution in [0.3, 0.4) is 0 Å². The minimum absolute atomic E-state index is 0.0106. The number of fused-ring (bicyclic) bond motifs is 5. The summed E-state index contributed by atoms with van der Waals surface area (Å²) in [5.74, 6) is -0.325. The fourth-order valence-electron chi connectivity index (χ4n) is 2.72. The SMILES string of the molecule is CC(=O)OC12CCCC(C)C(CC1)OC2=O. The van der Waals surface area contributed by atoms with Gasteiger partial charge in [0.05, 0.1) is 0 Å². The number of hydrogen-bond donors (Lipinski definition) is 0. The van der Waals surface area contributed by atoms with Gasteiger partial charge in [0.15, 0.2) is 0 Å². The number of esters is 2. The molecule has 4 heteroatoms. The van der Waals surface area contributed by atoms with Crippen LogP contribution in [0.4, 0.5) is 0 Å². The van der Waals surface area contributed by atoms with Crippen LogP contribution in [0.1, 0.15) is 46.0 Å². The van der Waals surface area contributed by atoms with Crippen LogP contribution < -0.4 is 0 Å². The summed E-state index contributed by atoms with van der Waals surface area (Å²) in [5.41, 5.74) is -0.984. The largest absolute Gasteiger partial charge is 0.459 e. The number of hydrogen-bond acceptors (Lipinski definition) is 4. The lowest BCUT2D eigenvalue weighted by Crippen LogP contribution is -2.52. The predicted octanol–water partition coefficient (Wildman–Crippen LogP) is 1.81. The molecule has 0 aromatic carbocycles. The Labute approximate surface area is 95.3 Å². The minimum atomic E-state index is -0.984. The van der Waals surface area contributed by atoms with Gasteiger partial charge >= 0.3 is 11.9 Å². The molecule has 2 heterocycles. The highest BCUT2D eigenvalue weighted by Crippen LogP contribution is 2.39. The van der Waals surface area contributed by atoms with E-state index in [0.29, 0.717) is 18.8 Å². The first-order chi connectivity index (χ1) is 7.53. The monoisotopic (exact) mass is 226 g/mol. The molecular weight excluding hydrogens is 208 g/mol. The molecule has 0 radical (unpaired) electrons. The smallest absolute Gasteiger partial charge is 0.350 e. The molecule has 0 aromatic heterocycles. The van der Waals surface area contributed by atoms with Crippen LogP contribution in [0, 0.1) is 5.92 Å². The van der Waals surface area contributed by atoms with Gasteiger partial charge in [0, 0.05) is 13.3 Å². The summed E-state index contributed by atoms with van der Waals surface area (Å²) < 4.78 is 10.6. The summed E-state index contributed by atoms with van der Waals surface area (Å²) in [4.78, 5) is 23.0. The molecule has 2 bridgehead atoms. The van der Waals surface area contributed by atoms with E-state index in [1.165, 1.54) is 6.92 Å². The van der Waals surface area contributed by atoms with E-state index in [9.17, 15) is 9.59 Å². The van der Waals surface area contributed by atoms with Crippen molar-refractivity contribution in [3.8, 4) is 0 Å². The molecule has 1 aliphatic carbocycles. The van der Waals surface area contributed by atoms with E-state index in [0.717, 1.165) is 19.3 Å². The van der Waals surface area contributed by atoms with E-state index in [1.54, 1.807) is 0 Å². The molecule has 2 aliphatic heterocycles. The van der Waals surface area contributed by atoms with Crippen LogP contribution in [0.5, 0.6) is 0 Å². The molecule has 1 saturated carbocycles. The maximum absolute atomic E-state index is 11.9. The highest BCUT2D eigenvalue weighted by Gasteiger charge is 2.49. The van der Waals surface area contributed by atoms with Crippen LogP contribution in [0.25, 0.3) is 0 Å². The molecule has 2 saturated heterocycles. The zero-order valence-electron chi connectivity index (χ0n) is 9.82. The number of carbonyl (C=O) groups excluding carboxylic acids is 2. The Balaban J connectivity index is 2.19. The van der Waals surface area contributed by atoms with Gasteiger partial charge in [-0.2, -0.15) is 0 Å². The first kappa shape index (κ1) is 11.4. The van der Waals surface area contributed by atoms with E-state index in [2.05, 4.69) is 6.92 Å². The lowest BCUT2D eigenvalue weighted by Gasteiger charge is -2.41. The maximum atomic E-state index is 11.9. The third-order valence-corrected chi connectivity index (χ3v) is 3.68. The van der Waals surface area contributed by atoms with Gasteiger partial charge in [-0.25, -0.2) is 4.79 Å². The second kappa shape index (κ2) is 4.07. The molecule has 0 spiro atoms. The fraction of sp³-hybridized carbons (Fsp3) is 0.833. The Morgan fingerprint density at radius 1 is 1.44 bits per heavy atom. The lowest BCUT2D eigenvalue weighted by molar-refractivity contribution is -0.202. The van der Waals surface area contributed by atoms with Gasteiger partial charge in [-0.3, -0.25) is 4.79 Å². The summed E-state index contributed by atoms with van der Waals surface area (Å²) in [7, 11) is 0. The van der Waals surface area contributed by atoms with Crippen molar-refractivity contribution >= 4 is 11.9 Å². The molecule has 3 rings (SSSR count). The molecule has 0 aromatic rings. The molecule has 4 nitrogen and oxygen atoms in total. The Morgan fingerprint density at radius 2 is 2.19 bits per heavy atom. The van der Waals surface area contributed by atoms with Gasteiger partial charge in [0.1, 0.15) is 6.10 Å². The topological polar surface area (TPSA) is 52.6 Å². The predicted molar refractivity (Wildman–Crippen MR) is 56.6 cm³/mol. The summed E-state index contributed by atoms with van der Waals surface area (Å²) in [6, 6.07) is 0. The van der Waals surface area contributed by atoms with E-state index >= 15 is 0 Å². The first-order valence-corrected chi connectivity index (χ1v) is 5.94. The van der Waals surface area contributed by atoms with Crippen molar-refractivity contribution in [2.24, 2.45) is 5.92 Å². The zero-order chi connectivity index (χ0) is 11.8. The van der Waals surface area contributed by atoms with Gasteiger partial charge in [0.25, 0.3) is 0 Å². The van der Waals surface area contributed by atoms with Crippen LogP contribution in [0.15, 0.2) is 0 Å². The van der Waals surface area contributed by atoms with Gasteiger partial charge < -0.3 is 9.47 Å². The normalized spacial score (nSPS) is 38.5. The van der Waals surface area contributed by atoms with E-state index in [-0.39, 0.29) is 12.1 Å². The molecule has 3 atom stereocenters. The number of carbonyl (C=O) groups is 2. The minimum Gasteiger partial charge on any atom is -0.459 e. The Hall–Kier alpha value is -1.06. The highest BCUT2D eigenvalue weighted by atomic mass is 16.6. The van der Waals surface area contributed by atoms with Gasteiger partial charge in [-0.05, 0) is 31.6 Å². The Morgan fingerprint density at radius 3 is 2.81 bits per heavy atom. The molecule has 3 unspecified atom stereocenters. The summed E-state index contributed by atoms with van der Waals surface area (Å²) >= 11 is 0. The second-order valence-corrected chi connectivity index (χ2v) is 4.94. The van der Waals surface area contributed by atoms with Crippen LogP contribution in [-0.2, 0) is 19.1 Å². The quantitative estimate of drug-likeness (QED) is 0.640. The summed E-state index contributed by atoms with van der Waals surface area (Å²) in [6.07, 6.45) is 3.97. The van der Waals surface area contributed by atoms with Crippen LogP contribution in [0.2, 0.25) is 0 Å². The molecule has 16 heavy (non-hydrogen) atoms. The molecule has 90 valence electrons. The van der Waals surface area contributed by atoms with Crippen LogP contribution >= 0.6 is 0 Å². The van der Waals surface area contributed by atoms with Gasteiger partial charge in [-0.1, -0.05) is 6.92 Å². The average molecular weight is 226 g/mol. The fourth-order valence-corrected chi connectivity index (χ4v) is 2.72. The van der Waals surface area contributed by atoms with E-state index in [4.69, 9.17) is 9.47 Å². The molecule has 3 fully saturated rings.